The molecule has 0 unspecified atom stereocenters. The first-order chi connectivity index (χ1) is 17.5. The molecule has 186 valence electrons. The first kappa shape index (κ1) is 23.5. The second kappa shape index (κ2) is 10.1. The molecule has 1 atom stereocenters. The molecule has 5 rings (SSSR count). The monoisotopic (exact) mass is 488 g/mol. The topological polar surface area (TPSA) is 120 Å². The van der Waals surface area contributed by atoms with Crippen LogP contribution >= 0.6 is 0 Å². The fourth-order valence-electron chi connectivity index (χ4n) is 4.68. The molecule has 4 aromatic rings. The predicted molar refractivity (Wildman–Crippen MR) is 132 cm³/mol. The molecule has 0 saturated carbocycles. The predicted octanol–water partition coefficient (Wildman–Crippen LogP) is 2.49. The van der Waals surface area contributed by atoms with Crippen LogP contribution in [-0.2, 0) is 42.0 Å². The maximum atomic E-state index is 12.9. The Morgan fingerprint density at radius 1 is 1.22 bits per heavy atom. The fraction of sp³-hybridized carbons (Fsp3) is 0.360. The number of hydrogen-bond acceptors (Lipinski definition) is 7. The summed E-state index contributed by atoms with van der Waals surface area (Å²) in [5.41, 5.74) is 4.22. The van der Waals surface area contributed by atoms with Gasteiger partial charge in [-0.25, -0.2) is 19.7 Å². The number of carbonyl (C=O) groups is 2. The Morgan fingerprint density at radius 2 is 2.11 bits per heavy atom. The van der Waals surface area contributed by atoms with E-state index in [0.29, 0.717) is 19.5 Å². The highest BCUT2D eigenvalue weighted by atomic mass is 16.5. The van der Waals surface area contributed by atoms with E-state index in [4.69, 9.17) is 9.72 Å². The summed E-state index contributed by atoms with van der Waals surface area (Å²) in [4.78, 5) is 40.2. The van der Waals surface area contributed by atoms with Gasteiger partial charge in [-0.05, 0) is 44.0 Å². The minimum absolute atomic E-state index is 0.0244. The molecule has 4 heterocycles. The number of anilines is 1. The highest BCUT2D eigenvalue weighted by molar-refractivity contribution is 5.95. The number of nitrogens with zero attached hydrogens (tertiary/aromatic N) is 7. The van der Waals surface area contributed by atoms with Crippen LogP contribution < -0.4 is 10.2 Å². The van der Waals surface area contributed by atoms with Crippen molar-refractivity contribution in [2.24, 2.45) is 0 Å². The summed E-state index contributed by atoms with van der Waals surface area (Å²) in [5.74, 6) is 0.644. The molecule has 1 N–H and O–H groups in total. The lowest BCUT2D eigenvalue weighted by molar-refractivity contribution is -0.121. The van der Waals surface area contributed by atoms with Crippen LogP contribution in [0.4, 0.5) is 10.5 Å². The lowest BCUT2D eigenvalue weighted by atomic mass is 9.96. The Kier molecular flexibility index (Phi) is 6.61. The minimum Gasteiger partial charge on any atom is -0.452 e. The second-order valence-electron chi connectivity index (χ2n) is 8.77. The Bertz CT molecular complexity index is 1370. The average molecular weight is 489 g/mol. The maximum absolute atomic E-state index is 12.9. The lowest BCUT2D eigenvalue weighted by Gasteiger charge is -2.34. The Balaban J connectivity index is 1.48. The van der Waals surface area contributed by atoms with Gasteiger partial charge in [0.1, 0.15) is 18.7 Å². The van der Waals surface area contributed by atoms with Crippen LogP contribution in [0.1, 0.15) is 30.4 Å². The second-order valence-corrected chi connectivity index (χ2v) is 8.77. The van der Waals surface area contributed by atoms with Gasteiger partial charge in [-0.15, -0.1) is 0 Å². The van der Waals surface area contributed by atoms with Crippen molar-refractivity contribution in [3.8, 4) is 0 Å². The first-order valence-electron chi connectivity index (χ1n) is 11.9. The van der Waals surface area contributed by atoms with E-state index >= 15 is 0 Å². The highest BCUT2D eigenvalue weighted by Gasteiger charge is 2.31. The van der Waals surface area contributed by atoms with E-state index in [1.54, 1.807) is 23.4 Å². The van der Waals surface area contributed by atoms with Crippen LogP contribution in [0.5, 0.6) is 0 Å². The molecule has 11 nitrogen and oxygen atoms in total. The van der Waals surface area contributed by atoms with Crippen molar-refractivity contribution in [3.05, 3.63) is 66.3 Å². The zero-order chi connectivity index (χ0) is 25.1. The summed E-state index contributed by atoms with van der Waals surface area (Å²) in [6.07, 6.45) is 8.55. The molecule has 36 heavy (non-hydrogen) atoms. The van der Waals surface area contributed by atoms with Crippen molar-refractivity contribution >= 4 is 28.7 Å². The number of ether oxygens (including phenoxy) is 1. The van der Waals surface area contributed by atoms with Gasteiger partial charge in [0, 0.05) is 43.2 Å². The molecule has 0 spiro atoms. The molecule has 1 aromatic carbocycles. The summed E-state index contributed by atoms with van der Waals surface area (Å²) in [5, 5.41) is 7.22. The average Bonchev–Trinajstić information content (AvgIpc) is 3.54. The number of carbonyl (C=O) groups excluding carboxylic acids is 2. The van der Waals surface area contributed by atoms with Crippen molar-refractivity contribution in [2.45, 2.75) is 51.9 Å². The van der Waals surface area contributed by atoms with E-state index in [1.165, 1.54) is 13.4 Å². The van der Waals surface area contributed by atoms with Gasteiger partial charge >= 0.3 is 6.09 Å². The van der Waals surface area contributed by atoms with Crippen molar-refractivity contribution in [2.75, 3.05) is 12.0 Å². The molecule has 2 amide bonds. The maximum Gasteiger partial charge on any atom is 0.414 e. The van der Waals surface area contributed by atoms with Crippen LogP contribution in [0.2, 0.25) is 0 Å². The van der Waals surface area contributed by atoms with Crippen LogP contribution in [0.25, 0.3) is 11.0 Å². The number of aryl methyl sites for hydroxylation is 3. The van der Waals surface area contributed by atoms with Gasteiger partial charge in [-0.3, -0.25) is 14.4 Å². The van der Waals surface area contributed by atoms with Gasteiger partial charge in [-0.1, -0.05) is 0 Å². The number of amides is 2. The Hall–Kier alpha value is -4.28. The molecule has 0 radical (unpaired) electrons. The quantitative estimate of drug-likeness (QED) is 0.424. The van der Waals surface area contributed by atoms with Crippen LogP contribution in [-0.4, -0.2) is 54.5 Å². The summed E-state index contributed by atoms with van der Waals surface area (Å²) >= 11 is 0. The fourth-order valence-corrected chi connectivity index (χ4v) is 4.68. The zero-order valence-corrected chi connectivity index (χ0v) is 20.3. The largest absolute Gasteiger partial charge is 0.452 e. The normalized spacial score (nSPS) is 15.1. The van der Waals surface area contributed by atoms with E-state index < -0.39 is 0 Å². The summed E-state index contributed by atoms with van der Waals surface area (Å²) in [7, 11) is 1.39. The van der Waals surface area contributed by atoms with E-state index in [9.17, 15) is 9.59 Å². The van der Waals surface area contributed by atoms with Crippen molar-refractivity contribution in [1.29, 1.82) is 0 Å². The summed E-state index contributed by atoms with van der Waals surface area (Å²) in [6.45, 7) is 3.08. The van der Waals surface area contributed by atoms with E-state index in [-0.39, 0.29) is 24.6 Å². The van der Waals surface area contributed by atoms with E-state index in [2.05, 4.69) is 20.4 Å². The molecule has 0 aliphatic carbocycles. The van der Waals surface area contributed by atoms with Crippen LogP contribution in [0.15, 0.2) is 49.2 Å². The third-order valence-electron chi connectivity index (χ3n) is 6.50. The Labute approximate surface area is 208 Å². The number of methoxy groups -OCH3 is 1. The number of rotatable bonds is 7. The van der Waals surface area contributed by atoms with E-state index in [0.717, 1.165) is 46.6 Å². The summed E-state index contributed by atoms with van der Waals surface area (Å²) in [6, 6.07) is 7.53. The molecule has 0 bridgehead atoms. The molecule has 0 saturated heterocycles. The number of benzene rings is 1. The number of hydrogen-bond donors (Lipinski definition) is 1. The van der Waals surface area contributed by atoms with Gasteiger partial charge in [0.2, 0.25) is 5.91 Å². The SMILES string of the molecule is COC(=O)N1c2ccc3c(nc(CCn4cccn4)n3CC(=O)NCc3ccncn3)c2CC[C@@H]1C. The van der Waals surface area contributed by atoms with Gasteiger partial charge in [0.05, 0.1) is 36.1 Å². The van der Waals surface area contributed by atoms with Gasteiger partial charge < -0.3 is 14.6 Å². The third kappa shape index (κ3) is 4.64. The van der Waals surface area contributed by atoms with Crippen molar-refractivity contribution in [3.63, 3.8) is 0 Å². The smallest absolute Gasteiger partial charge is 0.414 e. The number of nitrogens with one attached hydrogen (secondary N) is 1. The minimum atomic E-state index is -0.384. The lowest BCUT2D eigenvalue weighted by Crippen LogP contribution is -2.42. The third-order valence-corrected chi connectivity index (χ3v) is 6.50. The number of imidazole rings is 1. The first-order valence-corrected chi connectivity index (χ1v) is 11.9. The zero-order valence-electron chi connectivity index (χ0n) is 20.3. The standard InChI is InChI=1S/C25H28N8O3/c1-17-4-5-19-20(33(17)25(35)36-2)6-7-21-24(19)30-22(9-13-31-12-3-10-29-31)32(21)15-23(34)27-14-18-8-11-26-16-28-18/h3,6-8,10-12,16-17H,4-5,9,13-15H2,1-2H3,(H,27,34)/t17-/m0/s1. The molecule has 1 aliphatic heterocycles. The molecular formula is C25H28N8O3. The highest BCUT2D eigenvalue weighted by Crippen LogP contribution is 2.36. The van der Waals surface area contributed by atoms with Crippen LogP contribution in [0.3, 0.4) is 0 Å². The number of fused-ring (bicyclic) bond motifs is 3. The molecular weight excluding hydrogens is 460 g/mol. The molecule has 11 heteroatoms. The van der Waals surface area contributed by atoms with E-state index in [1.807, 2.05) is 40.6 Å². The van der Waals surface area contributed by atoms with Crippen LogP contribution in [0, 0.1) is 0 Å². The van der Waals surface area contributed by atoms with Gasteiger partial charge in [0.25, 0.3) is 0 Å². The van der Waals surface area contributed by atoms with Gasteiger partial charge in [-0.2, -0.15) is 5.10 Å². The molecule has 3 aromatic heterocycles. The summed E-state index contributed by atoms with van der Waals surface area (Å²) < 4.78 is 8.84. The molecule has 0 fully saturated rings. The van der Waals surface area contributed by atoms with Crippen molar-refractivity contribution < 1.29 is 14.3 Å². The van der Waals surface area contributed by atoms with Gasteiger partial charge in [0.15, 0.2) is 0 Å². The van der Waals surface area contributed by atoms with Crippen molar-refractivity contribution in [1.82, 2.24) is 34.6 Å². The Morgan fingerprint density at radius 3 is 2.86 bits per heavy atom. The number of aromatic nitrogens is 6. The molecule has 1 aliphatic rings.